The lowest BCUT2D eigenvalue weighted by atomic mass is 10.0. The molecule has 3 N–H and O–H groups in total. The quantitative estimate of drug-likeness (QED) is 0.331. The van der Waals surface area contributed by atoms with Crippen LogP contribution >= 0.6 is 0 Å². The van der Waals surface area contributed by atoms with Gasteiger partial charge in [0.1, 0.15) is 0 Å². The summed E-state index contributed by atoms with van der Waals surface area (Å²) in [6, 6.07) is 4.06. The molecule has 0 bridgehead atoms. The molecule has 0 spiro atoms. The molecule has 1 rings (SSSR count). The van der Waals surface area contributed by atoms with Crippen molar-refractivity contribution in [2.24, 2.45) is 5.84 Å². The molecule has 80 valence electrons. The van der Waals surface area contributed by atoms with Crippen LogP contribution in [-0.4, -0.2) is 4.98 Å². The van der Waals surface area contributed by atoms with Crippen LogP contribution in [0.25, 0.3) is 0 Å². The van der Waals surface area contributed by atoms with Crippen molar-refractivity contribution in [2.75, 3.05) is 0 Å². The first kappa shape index (κ1) is 11.7. The average molecular weight is 203 g/mol. The van der Waals surface area contributed by atoms with Gasteiger partial charge in [0.05, 0.1) is 11.7 Å². The summed E-state index contributed by atoms with van der Waals surface area (Å²) in [5.41, 5.74) is 4.95. The zero-order valence-corrected chi connectivity index (χ0v) is 9.03. The van der Waals surface area contributed by atoms with E-state index in [1.807, 2.05) is 19.1 Å². The van der Waals surface area contributed by atoms with Crippen molar-refractivity contribution in [1.82, 2.24) is 10.4 Å². The Hall–Kier alpha value is -1.37. The molecular formula is C12H17N3. The molecule has 0 radical (unpaired) electrons. The van der Waals surface area contributed by atoms with E-state index in [1.54, 1.807) is 6.20 Å². The molecule has 3 heteroatoms. The van der Waals surface area contributed by atoms with Crippen LogP contribution in [-0.2, 0) is 0 Å². The number of pyridine rings is 1. The fraction of sp³-hybridized carbons (Fsp3) is 0.417. The minimum Gasteiger partial charge on any atom is -0.271 e. The molecule has 1 unspecified atom stereocenters. The molecule has 1 atom stereocenters. The van der Waals surface area contributed by atoms with Gasteiger partial charge in [-0.2, -0.15) is 0 Å². The molecule has 0 fully saturated rings. The lowest BCUT2D eigenvalue weighted by Gasteiger charge is -2.16. The predicted octanol–water partition coefficient (Wildman–Crippen LogP) is 1.70. The Morgan fingerprint density at radius 1 is 1.67 bits per heavy atom. The number of unbranched alkanes of at least 4 members (excludes halogenated alkanes) is 1. The van der Waals surface area contributed by atoms with Gasteiger partial charge in [0.2, 0.25) is 0 Å². The lowest BCUT2D eigenvalue weighted by Crippen LogP contribution is -2.29. The summed E-state index contributed by atoms with van der Waals surface area (Å²) in [5.74, 6) is 8.14. The SMILES string of the molecule is C#CCCCC(NN)c1ncccc1C. The highest BCUT2D eigenvalue weighted by Crippen LogP contribution is 2.19. The molecule has 15 heavy (non-hydrogen) atoms. The van der Waals surface area contributed by atoms with Crippen molar-refractivity contribution in [2.45, 2.75) is 32.2 Å². The molecule has 1 heterocycles. The van der Waals surface area contributed by atoms with Gasteiger partial charge in [-0.3, -0.25) is 16.3 Å². The third-order valence-corrected chi connectivity index (χ3v) is 2.40. The molecule has 0 saturated heterocycles. The predicted molar refractivity (Wildman–Crippen MR) is 61.7 cm³/mol. The molecule has 0 aromatic carbocycles. The van der Waals surface area contributed by atoms with Crippen LogP contribution in [0.15, 0.2) is 18.3 Å². The fourth-order valence-corrected chi connectivity index (χ4v) is 1.57. The van der Waals surface area contributed by atoms with Gasteiger partial charge in [0, 0.05) is 12.6 Å². The number of hydrogen-bond acceptors (Lipinski definition) is 3. The third kappa shape index (κ3) is 3.35. The normalized spacial score (nSPS) is 12.1. The van der Waals surface area contributed by atoms with Crippen LogP contribution < -0.4 is 11.3 Å². The van der Waals surface area contributed by atoms with E-state index in [-0.39, 0.29) is 6.04 Å². The molecule has 0 aliphatic rings. The molecule has 0 saturated carbocycles. The highest BCUT2D eigenvalue weighted by Gasteiger charge is 2.12. The van der Waals surface area contributed by atoms with Crippen LogP contribution in [0.1, 0.15) is 36.6 Å². The van der Waals surface area contributed by atoms with Gasteiger partial charge in [0.25, 0.3) is 0 Å². The van der Waals surface area contributed by atoms with Crippen LogP contribution in [0.4, 0.5) is 0 Å². The number of terminal acetylenes is 1. The fourth-order valence-electron chi connectivity index (χ4n) is 1.57. The second kappa shape index (κ2) is 6.18. The average Bonchev–Trinajstić information content (AvgIpc) is 2.26. The van der Waals surface area contributed by atoms with Gasteiger partial charge in [-0.25, -0.2) is 0 Å². The number of rotatable bonds is 5. The number of aryl methyl sites for hydroxylation is 1. The highest BCUT2D eigenvalue weighted by atomic mass is 15.2. The van der Waals surface area contributed by atoms with Crippen molar-refractivity contribution in [3.63, 3.8) is 0 Å². The maximum absolute atomic E-state index is 5.51. The number of nitrogens with two attached hydrogens (primary N) is 1. The van der Waals surface area contributed by atoms with Gasteiger partial charge in [-0.05, 0) is 31.4 Å². The van der Waals surface area contributed by atoms with E-state index in [0.717, 1.165) is 30.5 Å². The van der Waals surface area contributed by atoms with Crippen LogP contribution in [0.3, 0.4) is 0 Å². The Kier molecular flexibility index (Phi) is 4.82. The molecule has 1 aromatic heterocycles. The van der Waals surface area contributed by atoms with Crippen molar-refractivity contribution in [3.8, 4) is 12.3 Å². The topological polar surface area (TPSA) is 50.9 Å². The lowest BCUT2D eigenvalue weighted by molar-refractivity contribution is 0.489. The largest absolute Gasteiger partial charge is 0.271 e. The van der Waals surface area contributed by atoms with Crippen molar-refractivity contribution in [1.29, 1.82) is 0 Å². The number of aromatic nitrogens is 1. The third-order valence-electron chi connectivity index (χ3n) is 2.40. The Balaban J connectivity index is 2.66. The summed E-state index contributed by atoms with van der Waals surface area (Å²) in [6.07, 6.45) is 9.65. The second-order valence-corrected chi connectivity index (χ2v) is 3.52. The summed E-state index contributed by atoms with van der Waals surface area (Å²) in [5, 5.41) is 0. The first-order valence-corrected chi connectivity index (χ1v) is 5.10. The summed E-state index contributed by atoms with van der Waals surface area (Å²) >= 11 is 0. The Morgan fingerprint density at radius 2 is 2.47 bits per heavy atom. The van der Waals surface area contributed by atoms with Crippen LogP contribution in [0.2, 0.25) is 0 Å². The van der Waals surface area contributed by atoms with E-state index >= 15 is 0 Å². The number of hydrazine groups is 1. The molecule has 3 nitrogen and oxygen atoms in total. The van der Waals surface area contributed by atoms with E-state index < -0.39 is 0 Å². The van der Waals surface area contributed by atoms with Crippen molar-refractivity contribution < 1.29 is 0 Å². The minimum atomic E-state index is 0.0968. The zero-order valence-electron chi connectivity index (χ0n) is 9.03. The maximum Gasteiger partial charge on any atom is 0.0635 e. The summed E-state index contributed by atoms with van der Waals surface area (Å²) in [7, 11) is 0. The number of nitrogens with zero attached hydrogens (tertiary/aromatic N) is 1. The summed E-state index contributed by atoms with van der Waals surface area (Å²) in [4.78, 5) is 4.33. The molecule has 0 amide bonds. The van der Waals surface area contributed by atoms with Gasteiger partial charge in [0.15, 0.2) is 0 Å². The van der Waals surface area contributed by atoms with E-state index in [2.05, 4.69) is 16.3 Å². The van der Waals surface area contributed by atoms with Crippen molar-refractivity contribution >= 4 is 0 Å². The second-order valence-electron chi connectivity index (χ2n) is 3.52. The Labute approximate surface area is 91.1 Å². The first-order chi connectivity index (χ1) is 7.29. The van der Waals surface area contributed by atoms with Crippen LogP contribution in [0.5, 0.6) is 0 Å². The molecule has 1 aromatic rings. The standard InChI is InChI=1S/C12H17N3/c1-3-4-5-8-11(15-13)12-10(2)7-6-9-14-12/h1,6-7,9,11,15H,4-5,8,13H2,2H3. The van der Waals surface area contributed by atoms with Gasteiger partial charge in [-0.1, -0.05) is 6.07 Å². The molecule has 0 aliphatic carbocycles. The number of nitrogens with one attached hydrogen (secondary N) is 1. The zero-order chi connectivity index (χ0) is 11.1. The minimum absolute atomic E-state index is 0.0968. The Bertz CT molecular complexity index is 341. The summed E-state index contributed by atoms with van der Waals surface area (Å²) in [6.45, 7) is 2.04. The van der Waals surface area contributed by atoms with Crippen molar-refractivity contribution in [3.05, 3.63) is 29.6 Å². The molecular weight excluding hydrogens is 186 g/mol. The van der Waals surface area contributed by atoms with E-state index in [1.165, 1.54) is 0 Å². The van der Waals surface area contributed by atoms with Gasteiger partial charge < -0.3 is 0 Å². The monoisotopic (exact) mass is 203 g/mol. The van der Waals surface area contributed by atoms with E-state index in [0.29, 0.717) is 0 Å². The van der Waals surface area contributed by atoms with E-state index in [9.17, 15) is 0 Å². The van der Waals surface area contributed by atoms with Crippen LogP contribution in [0, 0.1) is 19.3 Å². The maximum atomic E-state index is 5.51. The summed E-state index contributed by atoms with van der Waals surface area (Å²) < 4.78 is 0. The van der Waals surface area contributed by atoms with E-state index in [4.69, 9.17) is 12.3 Å². The van der Waals surface area contributed by atoms with Gasteiger partial charge in [-0.15, -0.1) is 12.3 Å². The smallest absolute Gasteiger partial charge is 0.0635 e. The first-order valence-electron chi connectivity index (χ1n) is 5.10. The van der Waals surface area contributed by atoms with Gasteiger partial charge >= 0.3 is 0 Å². The number of hydrogen-bond donors (Lipinski definition) is 2. The highest BCUT2D eigenvalue weighted by molar-refractivity contribution is 5.20. The molecule has 0 aliphatic heterocycles. The Morgan fingerprint density at radius 3 is 3.07 bits per heavy atom.